The van der Waals surface area contributed by atoms with E-state index in [1.54, 1.807) is 0 Å². The Bertz CT molecular complexity index is 567. The van der Waals surface area contributed by atoms with Crippen molar-refractivity contribution in [3.8, 4) is 0 Å². The van der Waals surface area contributed by atoms with Crippen LogP contribution in [0.4, 0.5) is 0 Å². The van der Waals surface area contributed by atoms with Crippen LogP contribution in [0.1, 0.15) is 24.8 Å². The van der Waals surface area contributed by atoms with Gasteiger partial charge in [-0.05, 0) is 19.3 Å². The van der Waals surface area contributed by atoms with E-state index < -0.39 is 0 Å². The third-order valence-electron chi connectivity index (χ3n) is 5.57. The van der Waals surface area contributed by atoms with Gasteiger partial charge in [-0.3, -0.25) is 14.4 Å². The summed E-state index contributed by atoms with van der Waals surface area (Å²) < 4.78 is 7.77. The average molecular weight is 318 g/mol. The molecule has 3 aliphatic heterocycles. The largest absolute Gasteiger partial charge is 0.377 e. The van der Waals surface area contributed by atoms with E-state index in [2.05, 4.69) is 21.1 Å². The van der Waals surface area contributed by atoms with E-state index in [9.17, 15) is 4.79 Å². The standard InChI is InChI=1S/C17H26N4O2/c1-19-9-13(8-18-19)10-20-11-15(14-4-7-23-16(14)12-20)17(22)21-5-2-3-6-21/h8-9,14-16H,2-7,10-12H2,1H3/t14-,15-,16+/m1/s1. The zero-order valence-electron chi connectivity index (χ0n) is 13.9. The Kier molecular flexibility index (Phi) is 4.11. The smallest absolute Gasteiger partial charge is 0.227 e. The van der Waals surface area contributed by atoms with Crippen molar-refractivity contribution in [1.82, 2.24) is 19.6 Å². The van der Waals surface area contributed by atoms with Gasteiger partial charge in [-0.2, -0.15) is 5.10 Å². The summed E-state index contributed by atoms with van der Waals surface area (Å²) in [5, 5.41) is 4.25. The van der Waals surface area contributed by atoms with Crippen LogP contribution in [0, 0.1) is 11.8 Å². The van der Waals surface area contributed by atoms with Crippen molar-refractivity contribution in [2.24, 2.45) is 18.9 Å². The van der Waals surface area contributed by atoms with Crippen LogP contribution in [0.15, 0.2) is 12.4 Å². The van der Waals surface area contributed by atoms with Crippen LogP contribution in [0.5, 0.6) is 0 Å². The Morgan fingerprint density at radius 2 is 2.17 bits per heavy atom. The topological polar surface area (TPSA) is 50.6 Å². The number of aromatic nitrogens is 2. The van der Waals surface area contributed by atoms with E-state index >= 15 is 0 Å². The van der Waals surface area contributed by atoms with E-state index in [1.165, 1.54) is 5.56 Å². The fraction of sp³-hybridized carbons (Fsp3) is 0.765. The minimum Gasteiger partial charge on any atom is -0.377 e. The molecule has 4 rings (SSSR count). The fourth-order valence-corrected chi connectivity index (χ4v) is 4.43. The SMILES string of the molecule is Cn1cc(CN2C[C@@H]3OCC[C@@H]3[C@H](C(=O)N3CCCC3)C2)cn1. The van der Waals surface area contributed by atoms with Gasteiger partial charge in [0.05, 0.1) is 18.2 Å². The van der Waals surface area contributed by atoms with Crippen molar-refractivity contribution in [2.45, 2.75) is 31.9 Å². The number of nitrogens with zero attached hydrogens (tertiary/aromatic N) is 4. The van der Waals surface area contributed by atoms with Gasteiger partial charge in [-0.25, -0.2) is 0 Å². The van der Waals surface area contributed by atoms with Crippen molar-refractivity contribution in [2.75, 3.05) is 32.8 Å². The van der Waals surface area contributed by atoms with Crippen molar-refractivity contribution >= 4 is 5.91 Å². The molecule has 1 aromatic rings. The molecule has 3 fully saturated rings. The maximum atomic E-state index is 13.0. The maximum absolute atomic E-state index is 13.0. The molecule has 1 amide bonds. The van der Waals surface area contributed by atoms with E-state index in [0.717, 1.165) is 58.6 Å². The lowest BCUT2D eigenvalue weighted by Gasteiger charge is -2.40. The summed E-state index contributed by atoms with van der Waals surface area (Å²) in [6.45, 7) is 5.33. The van der Waals surface area contributed by atoms with E-state index in [1.807, 2.05) is 17.9 Å². The van der Waals surface area contributed by atoms with Gasteiger partial charge in [0, 0.05) is 64.1 Å². The summed E-state index contributed by atoms with van der Waals surface area (Å²) in [7, 11) is 1.94. The number of hydrogen-bond donors (Lipinski definition) is 0. The molecular formula is C17H26N4O2. The monoisotopic (exact) mass is 318 g/mol. The van der Waals surface area contributed by atoms with Gasteiger partial charge < -0.3 is 9.64 Å². The molecule has 3 atom stereocenters. The molecule has 0 unspecified atom stereocenters. The van der Waals surface area contributed by atoms with Crippen molar-refractivity contribution in [3.05, 3.63) is 18.0 Å². The van der Waals surface area contributed by atoms with Crippen molar-refractivity contribution in [3.63, 3.8) is 0 Å². The highest BCUT2D eigenvalue weighted by atomic mass is 16.5. The number of carbonyl (C=O) groups excluding carboxylic acids is 1. The van der Waals surface area contributed by atoms with Gasteiger partial charge >= 0.3 is 0 Å². The van der Waals surface area contributed by atoms with Crippen LogP contribution in [0.25, 0.3) is 0 Å². The average Bonchev–Trinajstić information content (AvgIpc) is 3.26. The van der Waals surface area contributed by atoms with Crippen LogP contribution in [-0.2, 0) is 23.1 Å². The Labute approximate surface area is 137 Å². The zero-order valence-corrected chi connectivity index (χ0v) is 13.9. The molecular weight excluding hydrogens is 292 g/mol. The number of rotatable bonds is 3. The second kappa shape index (κ2) is 6.24. The molecule has 0 spiro atoms. The second-order valence-corrected chi connectivity index (χ2v) is 7.22. The molecule has 0 aromatic carbocycles. The molecule has 23 heavy (non-hydrogen) atoms. The minimum absolute atomic E-state index is 0.103. The highest BCUT2D eigenvalue weighted by Gasteiger charge is 2.45. The van der Waals surface area contributed by atoms with Crippen LogP contribution in [0.3, 0.4) is 0 Å². The highest BCUT2D eigenvalue weighted by molar-refractivity contribution is 5.80. The number of piperidine rings is 1. The van der Waals surface area contributed by atoms with E-state index in [-0.39, 0.29) is 12.0 Å². The molecule has 4 heterocycles. The first-order valence-corrected chi connectivity index (χ1v) is 8.81. The number of ether oxygens (including phenoxy) is 1. The van der Waals surface area contributed by atoms with Gasteiger partial charge in [-0.15, -0.1) is 0 Å². The van der Waals surface area contributed by atoms with Gasteiger partial charge in [0.2, 0.25) is 5.91 Å². The quantitative estimate of drug-likeness (QED) is 0.830. The van der Waals surface area contributed by atoms with Crippen molar-refractivity contribution in [1.29, 1.82) is 0 Å². The van der Waals surface area contributed by atoms with Crippen LogP contribution in [0.2, 0.25) is 0 Å². The normalized spacial score (nSPS) is 31.5. The summed E-state index contributed by atoms with van der Waals surface area (Å²) in [5.41, 5.74) is 1.20. The summed E-state index contributed by atoms with van der Waals surface area (Å²) in [6, 6.07) is 0. The number of hydrogen-bond acceptors (Lipinski definition) is 4. The molecule has 0 N–H and O–H groups in total. The van der Waals surface area contributed by atoms with Crippen LogP contribution in [-0.4, -0.2) is 64.4 Å². The molecule has 0 bridgehead atoms. The predicted molar refractivity (Wildman–Crippen MR) is 85.6 cm³/mol. The van der Waals surface area contributed by atoms with Crippen LogP contribution < -0.4 is 0 Å². The second-order valence-electron chi connectivity index (χ2n) is 7.22. The first-order valence-electron chi connectivity index (χ1n) is 8.81. The van der Waals surface area contributed by atoms with Gasteiger partial charge in [0.1, 0.15) is 0 Å². The summed E-state index contributed by atoms with van der Waals surface area (Å²) in [6.07, 6.45) is 7.54. The Morgan fingerprint density at radius 3 is 2.91 bits per heavy atom. The molecule has 126 valence electrons. The summed E-state index contributed by atoms with van der Waals surface area (Å²) >= 11 is 0. The third-order valence-corrected chi connectivity index (χ3v) is 5.57. The van der Waals surface area contributed by atoms with E-state index in [4.69, 9.17) is 4.74 Å². The lowest BCUT2D eigenvalue weighted by molar-refractivity contribution is -0.140. The van der Waals surface area contributed by atoms with E-state index in [0.29, 0.717) is 11.8 Å². The lowest BCUT2D eigenvalue weighted by Crippen LogP contribution is -2.52. The number of fused-ring (bicyclic) bond motifs is 1. The van der Waals surface area contributed by atoms with Gasteiger partial charge in [0.25, 0.3) is 0 Å². The predicted octanol–water partition coefficient (Wildman–Crippen LogP) is 0.879. The molecule has 6 nitrogen and oxygen atoms in total. The number of amides is 1. The fourth-order valence-electron chi connectivity index (χ4n) is 4.43. The van der Waals surface area contributed by atoms with Crippen LogP contribution >= 0.6 is 0 Å². The van der Waals surface area contributed by atoms with Gasteiger partial charge in [-0.1, -0.05) is 0 Å². The molecule has 6 heteroatoms. The Morgan fingerprint density at radius 1 is 1.35 bits per heavy atom. The molecule has 3 aliphatic rings. The van der Waals surface area contributed by atoms with Gasteiger partial charge in [0.15, 0.2) is 0 Å². The molecule has 0 radical (unpaired) electrons. The summed E-state index contributed by atoms with van der Waals surface area (Å²) in [5.74, 6) is 0.873. The number of likely N-dealkylation sites (tertiary alicyclic amines) is 2. The third kappa shape index (κ3) is 3.02. The highest BCUT2D eigenvalue weighted by Crippen LogP contribution is 2.35. The molecule has 3 saturated heterocycles. The molecule has 0 saturated carbocycles. The maximum Gasteiger partial charge on any atom is 0.227 e. The first-order chi connectivity index (χ1) is 11.2. The minimum atomic E-state index is 0.103. The number of aryl methyl sites for hydroxylation is 1. The summed E-state index contributed by atoms with van der Waals surface area (Å²) in [4.78, 5) is 17.4. The zero-order chi connectivity index (χ0) is 15.8. The van der Waals surface area contributed by atoms with Crippen molar-refractivity contribution < 1.29 is 9.53 Å². The first kappa shape index (κ1) is 15.1. The lowest BCUT2D eigenvalue weighted by atomic mass is 9.81. The Hall–Kier alpha value is -1.40. The molecule has 0 aliphatic carbocycles. The Balaban J connectivity index is 1.48. The molecule has 1 aromatic heterocycles. The number of carbonyl (C=O) groups is 1.